The minimum Gasteiger partial charge on any atom is -0.494 e. The van der Waals surface area contributed by atoms with E-state index in [1.165, 1.54) is 0 Å². The zero-order chi connectivity index (χ0) is 10.7. The average Bonchev–Trinajstić information content (AvgIpc) is 2.15. The van der Waals surface area contributed by atoms with Crippen molar-refractivity contribution in [3.63, 3.8) is 0 Å². The fourth-order valence-electron chi connectivity index (χ4n) is 1.35. The highest BCUT2D eigenvalue weighted by molar-refractivity contribution is 5.68. The van der Waals surface area contributed by atoms with Crippen LogP contribution < -0.4 is 14.4 Å². The van der Waals surface area contributed by atoms with Crippen LogP contribution in [0.25, 0.3) is 0 Å². The number of nitrogens with zero attached hydrogens (tertiary/aromatic N) is 1. The summed E-state index contributed by atoms with van der Waals surface area (Å²) in [5, 5.41) is 0. The third-order valence-corrected chi connectivity index (χ3v) is 1.95. The van der Waals surface area contributed by atoms with E-state index in [-0.39, 0.29) is 0 Å². The molecular formula is C11H15NO2. The molecule has 0 aliphatic carbocycles. The first-order valence-electron chi connectivity index (χ1n) is 4.29. The Morgan fingerprint density at radius 2 is 1.50 bits per heavy atom. The fraction of sp³-hybridized carbons (Fsp3) is 0.364. The van der Waals surface area contributed by atoms with E-state index in [9.17, 15) is 0 Å². The van der Waals surface area contributed by atoms with E-state index in [0.717, 1.165) is 5.69 Å². The monoisotopic (exact) mass is 193 g/mol. The van der Waals surface area contributed by atoms with Crippen molar-refractivity contribution in [2.45, 2.75) is 0 Å². The van der Waals surface area contributed by atoms with Crippen molar-refractivity contribution in [2.75, 3.05) is 33.2 Å². The van der Waals surface area contributed by atoms with Crippen molar-refractivity contribution in [1.82, 2.24) is 0 Å². The van der Waals surface area contributed by atoms with Crippen molar-refractivity contribution < 1.29 is 9.47 Å². The van der Waals surface area contributed by atoms with Crippen molar-refractivity contribution >= 4 is 5.69 Å². The Kier molecular flexibility index (Phi) is 3.23. The third-order valence-electron chi connectivity index (χ3n) is 1.95. The summed E-state index contributed by atoms with van der Waals surface area (Å²) >= 11 is 0. The normalized spacial score (nSPS) is 9.79. The molecule has 2 radical (unpaired) electrons. The molecular weight excluding hydrogens is 178 g/mol. The SMILES string of the molecule is [CH]c1cc(OC)c(N(C)C)c(OC)c1. The Hall–Kier alpha value is -1.38. The molecule has 0 aromatic heterocycles. The van der Waals surface area contributed by atoms with Crippen molar-refractivity contribution in [1.29, 1.82) is 0 Å². The van der Waals surface area contributed by atoms with Crippen molar-refractivity contribution in [3.8, 4) is 11.5 Å². The molecule has 0 heterocycles. The lowest BCUT2D eigenvalue weighted by atomic mass is 10.2. The molecule has 0 saturated carbocycles. The van der Waals surface area contributed by atoms with E-state index < -0.39 is 0 Å². The van der Waals surface area contributed by atoms with Crippen LogP contribution in [-0.4, -0.2) is 28.3 Å². The first-order chi connectivity index (χ1) is 6.60. The van der Waals surface area contributed by atoms with Crippen molar-refractivity contribution in [2.24, 2.45) is 0 Å². The van der Waals surface area contributed by atoms with Gasteiger partial charge in [-0.15, -0.1) is 0 Å². The topological polar surface area (TPSA) is 21.7 Å². The molecule has 0 spiro atoms. The number of methoxy groups -OCH3 is 2. The molecule has 0 saturated heterocycles. The minimum absolute atomic E-state index is 0.629. The van der Waals surface area contributed by atoms with Gasteiger partial charge in [0.1, 0.15) is 17.2 Å². The van der Waals surface area contributed by atoms with Crippen LogP contribution in [0, 0.1) is 6.92 Å². The fourth-order valence-corrected chi connectivity index (χ4v) is 1.35. The maximum Gasteiger partial charge on any atom is 0.146 e. The molecule has 76 valence electrons. The summed E-state index contributed by atoms with van der Waals surface area (Å²) in [5.74, 6) is 1.43. The summed E-state index contributed by atoms with van der Waals surface area (Å²) in [6.45, 7) is 5.70. The van der Waals surface area contributed by atoms with E-state index in [2.05, 4.69) is 0 Å². The lowest BCUT2D eigenvalue weighted by Crippen LogP contribution is -2.11. The van der Waals surface area contributed by atoms with Crippen LogP contribution >= 0.6 is 0 Å². The second-order valence-corrected chi connectivity index (χ2v) is 3.17. The lowest BCUT2D eigenvalue weighted by molar-refractivity contribution is 0.395. The average molecular weight is 193 g/mol. The molecule has 0 bridgehead atoms. The molecule has 0 atom stereocenters. The summed E-state index contributed by atoms with van der Waals surface area (Å²) in [4.78, 5) is 1.93. The molecule has 0 N–H and O–H groups in total. The van der Waals surface area contributed by atoms with Crippen LogP contribution in [0.5, 0.6) is 11.5 Å². The quantitative estimate of drug-likeness (QED) is 0.731. The number of ether oxygens (including phenoxy) is 2. The molecule has 0 unspecified atom stereocenters. The van der Waals surface area contributed by atoms with E-state index in [0.29, 0.717) is 17.1 Å². The van der Waals surface area contributed by atoms with E-state index in [1.807, 2.05) is 19.0 Å². The first kappa shape index (κ1) is 10.7. The number of hydrogen-bond donors (Lipinski definition) is 0. The Morgan fingerprint density at radius 3 is 1.79 bits per heavy atom. The van der Waals surface area contributed by atoms with Crippen LogP contribution in [0.15, 0.2) is 12.1 Å². The summed E-state index contributed by atoms with van der Waals surface area (Å²) in [7, 11) is 7.08. The zero-order valence-electron chi connectivity index (χ0n) is 9.00. The van der Waals surface area contributed by atoms with Crippen LogP contribution in [0.3, 0.4) is 0 Å². The van der Waals surface area contributed by atoms with Gasteiger partial charge in [0.2, 0.25) is 0 Å². The van der Waals surface area contributed by atoms with Crippen LogP contribution in [0.4, 0.5) is 5.69 Å². The molecule has 1 aromatic carbocycles. The van der Waals surface area contributed by atoms with Gasteiger partial charge in [0.05, 0.1) is 14.2 Å². The summed E-state index contributed by atoms with van der Waals surface area (Å²) in [6.07, 6.45) is 0. The standard InChI is InChI=1S/C11H15NO2/c1-8-6-9(13-4)11(12(2)3)10(7-8)14-5/h1,6-7H,2-5H3. The predicted octanol–water partition coefficient (Wildman–Crippen LogP) is 1.83. The molecule has 0 amide bonds. The molecule has 3 heteroatoms. The van der Waals surface area contributed by atoms with Gasteiger partial charge in [-0.25, -0.2) is 0 Å². The number of anilines is 1. The van der Waals surface area contributed by atoms with Gasteiger partial charge >= 0.3 is 0 Å². The Balaban J connectivity index is 3.33. The summed E-state index contributed by atoms with van der Waals surface area (Å²) in [5.41, 5.74) is 1.52. The Morgan fingerprint density at radius 1 is 1.07 bits per heavy atom. The minimum atomic E-state index is 0.629. The Labute approximate surface area is 85.2 Å². The molecule has 0 fully saturated rings. The lowest BCUT2D eigenvalue weighted by Gasteiger charge is -2.20. The van der Waals surface area contributed by atoms with Gasteiger partial charge in [0.25, 0.3) is 0 Å². The van der Waals surface area contributed by atoms with E-state index in [4.69, 9.17) is 16.4 Å². The predicted molar refractivity (Wildman–Crippen MR) is 57.3 cm³/mol. The highest BCUT2D eigenvalue weighted by Crippen LogP contribution is 2.37. The molecule has 1 rings (SSSR count). The van der Waals surface area contributed by atoms with Crippen LogP contribution in [0.2, 0.25) is 0 Å². The van der Waals surface area contributed by atoms with Gasteiger partial charge in [-0.05, 0) is 24.6 Å². The maximum absolute atomic E-state index is 5.70. The summed E-state index contributed by atoms with van der Waals surface area (Å²) < 4.78 is 10.5. The van der Waals surface area contributed by atoms with Gasteiger partial charge in [-0.3, -0.25) is 0 Å². The van der Waals surface area contributed by atoms with Gasteiger partial charge in [0.15, 0.2) is 0 Å². The van der Waals surface area contributed by atoms with Gasteiger partial charge in [0, 0.05) is 14.1 Å². The third kappa shape index (κ3) is 1.92. The maximum atomic E-state index is 5.70. The molecule has 0 aliphatic rings. The largest absolute Gasteiger partial charge is 0.494 e. The smallest absolute Gasteiger partial charge is 0.146 e. The second kappa shape index (κ2) is 4.22. The first-order valence-corrected chi connectivity index (χ1v) is 4.29. The second-order valence-electron chi connectivity index (χ2n) is 3.17. The summed E-state index contributed by atoms with van der Waals surface area (Å²) in [6, 6.07) is 3.55. The van der Waals surface area contributed by atoms with Crippen LogP contribution in [0.1, 0.15) is 5.56 Å². The highest BCUT2D eigenvalue weighted by atomic mass is 16.5. The Bertz CT molecular complexity index is 296. The zero-order valence-corrected chi connectivity index (χ0v) is 9.00. The number of rotatable bonds is 3. The van der Waals surface area contributed by atoms with Gasteiger partial charge in [-0.1, -0.05) is 0 Å². The van der Waals surface area contributed by atoms with Crippen molar-refractivity contribution in [3.05, 3.63) is 24.6 Å². The molecule has 0 aliphatic heterocycles. The van der Waals surface area contributed by atoms with Gasteiger partial charge in [-0.2, -0.15) is 0 Å². The van der Waals surface area contributed by atoms with E-state index >= 15 is 0 Å². The molecule has 1 aromatic rings. The van der Waals surface area contributed by atoms with E-state index in [1.54, 1.807) is 26.4 Å². The number of hydrogen-bond acceptors (Lipinski definition) is 3. The molecule has 3 nitrogen and oxygen atoms in total. The van der Waals surface area contributed by atoms with Crippen LogP contribution in [-0.2, 0) is 0 Å². The van der Waals surface area contributed by atoms with Gasteiger partial charge < -0.3 is 14.4 Å². The number of benzene rings is 1. The highest BCUT2D eigenvalue weighted by Gasteiger charge is 2.12. The molecule has 14 heavy (non-hydrogen) atoms.